The Morgan fingerprint density at radius 1 is 0.806 bits per heavy atom. The first-order valence-corrected chi connectivity index (χ1v) is 11.6. The third-order valence-corrected chi connectivity index (χ3v) is 6.48. The molecule has 0 fully saturated rings. The van der Waals surface area contributed by atoms with Gasteiger partial charge in [-0.25, -0.2) is 0 Å². The highest BCUT2D eigenvalue weighted by Gasteiger charge is 2.37. The van der Waals surface area contributed by atoms with Crippen LogP contribution in [0.15, 0.2) is 122 Å². The van der Waals surface area contributed by atoms with Gasteiger partial charge >= 0.3 is 6.18 Å². The van der Waals surface area contributed by atoms with Gasteiger partial charge in [-0.2, -0.15) is 13.2 Å². The first-order valence-electron chi connectivity index (χ1n) is 11.6. The lowest BCUT2D eigenvalue weighted by molar-refractivity contribution is -0.137. The summed E-state index contributed by atoms with van der Waals surface area (Å²) in [5.41, 5.74) is 6.22. The maximum Gasteiger partial charge on any atom is 0.417 e. The van der Waals surface area contributed by atoms with E-state index < -0.39 is 11.7 Å². The molecule has 0 aliphatic carbocycles. The number of halogens is 3. The number of fused-ring (bicyclic) bond motifs is 3. The summed E-state index contributed by atoms with van der Waals surface area (Å²) in [5, 5.41) is 0. The molecule has 0 saturated heterocycles. The number of alkyl halides is 3. The van der Waals surface area contributed by atoms with Crippen LogP contribution in [0.25, 0.3) is 27.8 Å². The summed E-state index contributed by atoms with van der Waals surface area (Å²) < 4.78 is 42.3. The minimum Gasteiger partial charge on any atom is -0.336 e. The fourth-order valence-electron chi connectivity index (χ4n) is 4.80. The summed E-state index contributed by atoms with van der Waals surface area (Å²) in [4.78, 5) is 2.07. The largest absolute Gasteiger partial charge is 0.417 e. The Morgan fingerprint density at radius 2 is 1.53 bits per heavy atom. The van der Waals surface area contributed by atoms with Crippen molar-refractivity contribution < 1.29 is 13.2 Å². The third-order valence-electron chi connectivity index (χ3n) is 6.48. The van der Waals surface area contributed by atoms with Gasteiger partial charge in [-0.15, -0.1) is 0 Å². The Labute approximate surface area is 209 Å². The Hall–Kier alpha value is -4.31. The topological polar surface area (TPSA) is 3.24 Å². The zero-order valence-corrected chi connectivity index (χ0v) is 19.6. The van der Waals surface area contributed by atoms with E-state index >= 15 is 0 Å². The number of nitrogens with zero attached hydrogens (tertiary/aromatic N) is 1. The molecular weight excluding hydrogens is 455 g/mol. The second-order valence-electron chi connectivity index (χ2n) is 8.63. The highest BCUT2D eigenvalue weighted by molar-refractivity contribution is 5.92. The minimum atomic E-state index is -4.46. The molecule has 5 rings (SSSR count). The summed E-state index contributed by atoms with van der Waals surface area (Å²) in [6.45, 7) is 7.94. The SMILES string of the molecule is C=C/C=C(\C=C)c1ccc2c(c1)-c1c(cccc1C(F)(F)F)CN2c1ccc(-c2ccccc2)cc1. The van der Waals surface area contributed by atoms with Crippen LogP contribution in [0, 0.1) is 0 Å². The summed E-state index contributed by atoms with van der Waals surface area (Å²) in [6, 6.07) is 28.3. The number of allylic oxidation sites excluding steroid dienone is 4. The van der Waals surface area contributed by atoms with Gasteiger partial charge < -0.3 is 4.90 Å². The lowest BCUT2D eigenvalue weighted by Crippen LogP contribution is -2.23. The van der Waals surface area contributed by atoms with E-state index in [1.54, 1.807) is 24.3 Å². The molecule has 4 aromatic rings. The zero-order chi connectivity index (χ0) is 25.3. The van der Waals surface area contributed by atoms with Gasteiger partial charge in [0.2, 0.25) is 0 Å². The van der Waals surface area contributed by atoms with E-state index in [0.717, 1.165) is 39.7 Å². The van der Waals surface area contributed by atoms with Crippen molar-refractivity contribution in [1.29, 1.82) is 0 Å². The Kier molecular flexibility index (Phi) is 6.11. The summed E-state index contributed by atoms with van der Waals surface area (Å²) >= 11 is 0. The van der Waals surface area contributed by atoms with Gasteiger partial charge in [0, 0.05) is 29.0 Å². The van der Waals surface area contributed by atoms with Crippen LogP contribution < -0.4 is 4.90 Å². The van der Waals surface area contributed by atoms with Crippen molar-refractivity contribution in [2.45, 2.75) is 12.7 Å². The second kappa shape index (κ2) is 9.38. The first-order chi connectivity index (χ1) is 17.4. The fraction of sp³-hybridized carbons (Fsp3) is 0.0625. The molecule has 178 valence electrons. The summed E-state index contributed by atoms with van der Waals surface area (Å²) in [6.07, 6.45) is 0.666. The van der Waals surface area contributed by atoms with Crippen LogP contribution in [-0.4, -0.2) is 0 Å². The minimum absolute atomic E-state index is 0.237. The maximum absolute atomic E-state index is 14.1. The van der Waals surface area contributed by atoms with Crippen LogP contribution in [0.3, 0.4) is 0 Å². The maximum atomic E-state index is 14.1. The number of hydrogen-bond acceptors (Lipinski definition) is 1. The Bertz CT molecular complexity index is 1460. The van der Waals surface area contributed by atoms with E-state index in [0.29, 0.717) is 17.7 Å². The number of benzene rings is 4. The van der Waals surface area contributed by atoms with Gasteiger partial charge in [-0.1, -0.05) is 92.0 Å². The average molecular weight is 480 g/mol. The number of anilines is 2. The van der Waals surface area contributed by atoms with Crippen molar-refractivity contribution in [3.63, 3.8) is 0 Å². The highest BCUT2D eigenvalue weighted by atomic mass is 19.4. The number of rotatable bonds is 5. The van der Waals surface area contributed by atoms with E-state index in [1.807, 2.05) is 60.7 Å². The van der Waals surface area contributed by atoms with Gasteiger partial charge in [-0.3, -0.25) is 0 Å². The van der Waals surface area contributed by atoms with Crippen LogP contribution in [0.2, 0.25) is 0 Å². The smallest absolute Gasteiger partial charge is 0.336 e. The molecule has 0 amide bonds. The second-order valence-corrected chi connectivity index (χ2v) is 8.63. The molecule has 0 atom stereocenters. The van der Waals surface area contributed by atoms with Crippen molar-refractivity contribution in [2.75, 3.05) is 4.90 Å². The third kappa shape index (κ3) is 4.27. The normalized spacial score (nSPS) is 13.1. The van der Waals surface area contributed by atoms with Gasteiger partial charge in [0.25, 0.3) is 0 Å². The first kappa shape index (κ1) is 23.4. The lowest BCUT2D eigenvalue weighted by Gasteiger charge is -2.34. The molecule has 1 heterocycles. The molecule has 0 radical (unpaired) electrons. The fourth-order valence-corrected chi connectivity index (χ4v) is 4.80. The average Bonchev–Trinajstić information content (AvgIpc) is 2.90. The van der Waals surface area contributed by atoms with E-state index in [1.165, 1.54) is 6.07 Å². The molecule has 1 nitrogen and oxygen atoms in total. The van der Waals surface area contributed by atoms with Gasteiger partial charge in [0.15, 0.2) is 0 Å². The molecule has 0 aromatic heterocycles. The van der Waals surface area contributed by atoms with E-state index in [-0.39, 0.29) is 5.56 Å². The summed E-state index contributed by atoms with van der Waals surface area (Å²) in [5.74, 6) is 0. The zero-order valence-electron chi connectivity index (χ0n) is 19.6. The molecule has 4 aromatic carbocycles. The Balaban J connectivity index is 1.67. The van der Waals surface area contributed by atoms with Crippen LogP contribution in [-0.2, 0) is 12.7 Å². The van der Waals surface area contributed by atoms with Crippen molar-refractivity contribution in [3.05, 3.63) is 139 Å². The number of hydrogen-bond donors (Lipinski definition) is 0. The predicted octanol–water partition coefficient (Wildman–Crippen LogP) is 9.45. The summed E-state index contributed by atoms with van der Waals surface area (Å²) in [7, 11) is 0. The van der Waals surface area contributed by atoms with Crippen molar-refractivity contribution >= 4 is 16.9 Å². The van der Waals surface area contributed by atoms with E-state index in [2.05, 4.69) is 30.2 Å². The van der Waals surface area contributed by atoms with Crippen LogP contribution in [0.4, 0.5) is 24.5 Å². The van der Waals surface area contributed by atoms with Gasteiger partial charge in [0.1, 0.15) is 0 Å². The molecule has 0 spiro atoms. The molecular formula is C32H24F3N. The van der Waals surface area contributed by atoms with Crippen molar-refractivity contribution in [1.82, 2.24) is 0 Å². The molecule has 4 heteroatoms. The van der Waals surface area contributed by atoms with Crippen LogP contribution >= 0.6 is 0 Å². The van der Waals surface area contributed by atoms with Gasteiger partial charge in [-0.05, 0) is 58.2 Å². The van der Waals surface area contributed by atoms with Crippen molar-refractivity contribution in [2.24, 2.45) is 0 Å². The van der Waals surface area contributed by atoms with Crippen molar-refractivity contribution in [3.8, 4) is 22.3 Å². The van der Waals surface area contributed by atoms with Gasteiger partial charge in [0.05, 0.1) is 5.56 Å². The molecule has 0 saturated carbocycles. The lowest BCUT2D eigenvalue weighted by atomic mass is 9.87. The highest BCUT2D eigenvalue weighted by Crippen LogP contribution is 2.48. The quantitative estimate of drug-likeness (QED) is 0.258. The van der Waals surface area contributed by atoms with Crippen LogP contribution in [0.5, 0.6) is 0 Å². The molecule has 1 aliphatic heterocycles. The molecule has 1 aliphatic rings. The Morgan fingerprint density at radius 3 is 2.19 bits per heavy atom. The molecule has 0 bridgehead atoms. The molecule has 0 unspecified atom stereocenters. The van der Waals surface area contributed by atoms with E-state index in [4.69, 9.17) is 0 Å². The monoisotopic (exact) mass is 479 g/mol. The predicted molar refractivity (Wildman–Crippen MR) is 143 cm³/mol. The van der Waals surface area contributed by atoms with E-state index in [9.17, 15) is 13.2 Å². The molecule has 36 heavy (non-hydrogen) atoms. The molecule has 0 N–H and O–H groups in total. The van der Waals surface area contributed by atoms with Crippen LogP contribution in [0.1, 0.15) is 16.7 Å². The standard InChI is InChI=1S/C32H24F3N/c1-3-9-22(4-2)25-16-19-30-28(20-25)31-26(12-8-13-29(31)32(33,34)35)21-36(30)27-17-14-24(15-18-27)23-10-6-5-7-11-23/h3-20H,1-2,21H2/b22-9+.